The van der Waals surface area contributed by atoms with Crippen LogP contribution in [0.25, 0.3) is 0 Å². The molecule has 0 aliphatic carbocycles. The molecule has 9 heteroatoms. The maximum Gasteiger partial charge on any atom is 2.00 e. The number of rotatable bonds is 5. The zero-order chi connectivity index (χ0) is 15.1. The second kappa shape index (κ2) is 9.22. The number of hydrogen-bond acceptors (Lipinski definition) is 6. The Morgan fingerprint density at radius 3 is 2.50 bits per heavy atom. The van der Waals surface area contributed by atoms with Crippen molar-refractivity contribution in [3.63, 3.8) is 0 Å². The predicted octanol–water partition coefficient (Wildman–Crippen LogP) is 0.169. The summed E-state index contributed by atoms with van der Waals surface area (Å²) in [6.07, 6.45) is 1.59. The molecule has 1 fully saturated rings. The zero-order valence-corrected chi connectivity index (χ0v) is 12.9. The van der Waals surface area contributed by atoms with Crippen LogP contribution in [0.5, 0.6) is 5.75 Å². The van der Waals surface area contributed by atoms with Crippen LogP contribution in [0, 0.1) is 10.4 Å². The first kappa shape index (κ1) is 18.2. The van der Waals surface area contributed by atoms with Crippen LogP contribution in [0.1, 0.15) is 5.56 Å². The van der Waals surface area contributed by atoms with Gasteiger partial charge in [-0.3, -0.25) is 9.89 Å². The van der Waals surface area contributed by atoms with E-state index in [4.69, 9.17) is 0 Å². The third kappa shape index (κ3) is 5.16. The minimum atomic E-state index is -0.0354. The molecule has 0 N–H and O–H groups in total. The van der Waals surface area contributed by atoms with Crippen molar-refractivity contribution < 1.29 is 26.6 Å². The molecule has 2 rings (SSSR count). The van der Waals surface area contributed by atoms with Crippen molar-refractivity contribution in [3.05, 3.63) is 40.2 Å². The Hall–Kier alpha value is -1.86. The van der Waals surface area contributed by atoms with E-state index >= 15 is 0 Å². The third-order valence-corrected chi connectivity index (χ3v) is 3.36. The van der Waals surface area contributed by atoms with Gasteiger partial charge < -0.3 is 15.5 Å². The van der Waals surface area contributed by atoms with E-state index in [0.717, 1.165) is 6.54 Å². The summed E-state index contributed by atoms with van der Waals surface area (Å²) in [5.74, 6) is -0.0354. The molecule has 1 heterocycles. The summed E-state index contributed by atoms with van der Waals surface area (Å²) in [5.41, 5.74) is 0.585. The molecule has 122 valence electrons. The molecule has 0 saturated carbocycles. The first-order valence-electron chi connectivity index (χ1n) is 6.74. The van der Waals surface area contributed by atoms with Crippen LogP contribution in [-0.4, -0.2) is 60.4 Å². The molecule has 0 radical (unpaired) electrons. The molecule has 1 aliphatic heterocycles. The molecule has 0 atom stereocenters. The van der Waals surface area contributed by atoms with E-state index in [1.165, 1.54) is 11.1 Å². The van der Waals surface area contributed by atoms with Gasteiger partial charge in [-0.1, -0.05) is 24.3 Å². The van der Waals surface area contributed by atoms with Crippen molar-refractivity contribution in [2.45, 2.75) is 0 Å². The van der Waals surface area contributed by atoms with Gasteiger partial charge in [0.25, 0.3) is 0 Å². The van der Waals surface area contributed by atoms with E-state index < -0.39 is 0 Å². The Bertz CT molecular complexity index is 518. The Morgan fingerprint density at radius 2 is 1.86 bits per heavy atom. The molecule has 1 aromatic carbocycles. The van der Waals surface area contributed by atoms with E-state index in [-0.39, 0.29) is 27.2 Å². The number of benzene rings is 1. The molecule has 1 saturated heterocycles. The van der Waals surface area contributed by atoms with Crippen molar-refractivity contribution in [2.75, 3.05) is 39.3 Å². The Kier molecular flexibility index (Phi) is 7.62. The first-order valence-corrected chi connectivity index (χ1v) is 6.74. The minimum absolute atomic E-state index is 0. The molecular formula is C13H17N5NiO3. The molecule has 1 aliphatic rings. The van der Waals surface area contributed by atoms with Crippen molar-refractivity contribution in [3.8, 4) is 5.75 Å². The van der Waals surface area contributed by atoms with Crippen LogP contribution in [0.3, 0.4) is 0 Å². The molecular weight excluding hydrogens is 333 g/mol. The fraction of sp³-hybridized carbons (Fsp3) is 0.462. The van der Waals surface area contributed by atoms with Gasteiger partial charge in [0.05, 0.1) is 19.6 Å². The van der Waals surface area contributed by atoms with Crippen molar-refractivity contribution in [1.82, 2.24) is 9.91 Å². The number of nitrogens with zero attached hydrogens (tertiary/aromatic N) is 5. The van der Waals surface area contributed by atoms with Gasteiger partial charge in [0.1, 0.15) is 0 Å². The predicted molar refractivity (Wildman–Crippen MR) is 75.8 cm³/mol. The minimum Gasteiger partial charge on any atom is -0.872 e. The fourth-order valence-corrected chi connectivity index (χ4v) is 2.13. The van der Waals surface area contributed by atoms with E-state index in [9.17, 15) is 15.5 Å². The molecule has 8 nitrogen and oxygen atoms in total. The summed E-state index contributed by atoms with van der Waals surface area (Å²) >= 11 is 0. The number of para-hydroxylation sites is 1. The van der Waals surface area contributed by atoms with E-state index in [1.807, 2.05) is 0 Å². The summed E-state index contributed by atoms with van der Waals surface area (Å²) in [6, 6.07) is 6.75. The van der Waals surface area contributed by atoms with Crippen LogP contribution < -0.4 is 5.11 Å². The van der Waals surface area contributed by atoms with Crippen molar-refractivity contribution in [2.24, 2.45) is 10.3 Å². The summed E-state index contributed by atoms with van der Waals surface area (Å²) in [6.45, 7) is 3.65. The maximum absolute atomic E-state index is 11.5. The summed E-state index contributed by atoms with van der Waals surface area (Å²) in [5, 5.41) is 36.3. The molecule has 0 spiro atoms. The van der Waals surface area contributed by atoms with Gasteiger partial charge in [-0.15, -0.1) is 10.8 Å². The molecule has 0 aromatic heterocycles. The zero-order valence-electron chi connectivity index (χ0n) is 11.9. The maximum atomic E-state index is 11.5. The third-order valence-electron chi connectivity index (χ3n) is 3.36. The van der Waals surface area contributed by atoms with Gasteiger partial charge in [-0.05, 0) is 10.8 Å². The molecule has 0 amide bonds. The van der Waals surface area contributed by atoms with Crippen LogP contribution in [0.4, 0.5) is 0 Å². The van der Waals surface area contributed by atoms with E-state index in [1.54, 1.807) is 24.4 Å². The summed E-state index contributed by atoms with van der Waals surface area (Å²) < 4.78 is 0. The Morgan fingerprint density at radius 1 is 1.18 bits per heavy atom. The Labute approximate surface area is 138 Å². The van der Waals surface area contributed by atoms with Crippen LogP contribution >= 0.6 is 0 Å². The monoisotopic (exact) mass is 349 g/mol. The number of hydrazine groups is 1. The van der Waals surface area contributed by atoms with Gasteiger partial charge in [-0.2, -0.15) is 0 Å². The molecule has 0 bridgehead atoms. The van der Waals surface area contributed by atoms with Gasteiger partial charge in [0.2, 0.25) is 0 Å². The Balaban J connectivity index is 0.00000242. The normalized spacial score (nSPS) is 16.7. The largest absolute Gasteiger partial charge is 2.00 e. The average Bonchev–Trinajstić information content (AvgIpc) is 2.53. The van der Waals surface area contributed by atoms with Crippen molar-refractivity contribution >= 4 is 6.21 Å². The molecule has 1 aromatic rings. The van der Waals surface area contributed by atoms with E-state index in [2.05, 4.69) is 15.2 Å². The SMILES string of the molecule is [Ni+2].[O-]/N=[N+](\[O-])N1CCN(CCN=Cc2ccccc2[O-])CC1. The number of aliphatic imine (C=N–C) groups is 1. The van der Waals surface area contributed by atoms with Crippen LogP contribution in [0.2, 0.25) is 0 Å². The van der Waals surface area contributed by atoms with Gasteiger partial charge in [0, 0.05) is 30.8 Å². The smallest absolute Gasteiger partial charge is 0.872 e. The van der Waals surface area contributed by atoms with Crippen LogP contribution in [0.15, 0.2) is 34.5 Å². The van der Waals surface area contributed by atoms with Gasteiger partial charge in [-0.25, -0.2) is 0 Å². The topological polar surface area (TPSA) is 103 Å². The second-order valence-electron chi connectivity index (χ2n) is 4.70. The van der Waals surface area contributed by atoms with E-state index in [0.29, 0.717) is 38.3 Å². The fourth-order valence-electron chi connectivity index (χ4n) is 2.13. The van der Waals surface area contributed by atoms with Crippen LogP contribution in [-0.2, 0) is 16.5 Å². The molecule has 22 heavy (non-hydrogen) atoms. The second-order valence-corrected chi connectivity index (χ2v) is 4.70. The van der Waals surface area contributed by atoms with Crippen molar-refractivity contribution in [1.29, 1.82) is 0 Å². The molecule has 0 unspecified atom stereocenters. The van der Waals surface area contributed by atoms with Gasteiger partial charge in [0.15, 0.2) is 0 Å². The number of piperazine rings is 1. The average molecular weight is 350 g/mol. The number of hydrogen-bond donors (Lipinski definition) is 0. The quantitative estimate of drug-likeness (QED) is 0.248. The standard InChI is InChI=1S/C13H19N5O3.Ni/c19-13-4-2-1-3-12(13)11-14-5-6-16-7-9-17(10-8-16)18(21)15-20;/h1-4,11,19-20H,5-10H2;/q;+2/p-2/b14-11?,18-15-;. The first-order chi connectivity index (χ1) is 10.2. The van der Waals surface area contributed by atoms with Gasteiger partial charge >= 0.3 is 16.5 Å². The summed E-state index contributed by atoms with van der Waals surface area (Å²) in [4.78, 5) is 6.49. The summed E-state index contributed by atoms with van der Waals surface area (Å²) in [7, 11) is 0.